The summed E-state index contributed by atoms with van der Waals surface area (Å²) in [6.45, 7) is 4.41. The summed E-state index contributed by atoms with van der Waals surface area (Å²) in [5.74, 6) is 0.740. The van der Waals surface area contributed by atoms with E-state index in [1.165, 1.54) is 0 Å². The molecule has 1 heterocycles. The molecule has 0 radical (unpaired) electrons. The van der Waals surface area contributed by atoms with Crippen LogP contribution in [0.1, 0.15) is 25.8 Å². The highest BCUT2D eigenvalue weighted by Gasteiger charge is 2.26. The van der Waals surface area contributed by atoms with Gasteiger partial charge in [0.15, 0.2) is 0 Å². The first-order chi connectivity index (χ1) is 11.6. The maximum atomic E-state index is 11.7. The summed E-state index contributed by atoms with van der Waals surface area (Å²) in [5, 5.41) is 6.36. The zero-order valence-electron chi connectivity index (χ0n) is 14.3. The van der Waals surface area contributed by atoms with Gasteiger partial charge in [0.05, 0.1) is 11.9 Å². The molecule has 0 bridgehead atoms. The van der Waals surface area contributed by atoms with Crippen molar-refractivity contribution in [1.29, 1.82) is 0 Å². The Morgan fingerprint density at radius 2 is 2.04 bits per heavy atom. The molecule has 1 atom stereocenters. The highest BCUT2D eigenvalue weighted by atomic mass is 16.5. The molecule has 1 unspecified atom stereocenters. The second kappa shape index (κ2) is 6.83. The molecular formula is C19H23N3O2. The van der Waals surface area contributed by atoms with Gasteiger partial charge in [-0.25, -0.2) is 0 Å². The lowest BCUT2D eigenvalue weighted by atomic mass is 10.2. The molecule has 24 heavy (non-hydrogen) atoms. The first-order valence-corrected chi connectivity index (χ1v) is 8.22. The highest BCUT2D eigenvalue weighted by Crippen LogP contribution is 2.43. The van der Waals surface area contributed by atoms with Gasteiger partial charge in [-0.1, -0.05) is 37.3 Å². The zero-order chi connectivity index (χ0) is 17.1. The minimum atomic E-state index is -0.00869. The molecule has 5 nitrogen and oxygen atoms in total. The van der Waals surface area contributed by atoms with Crippen LogP contribution < -0.4 is 20.3 Å². The van der Waals surface area contributed by atoms with Crippen molar-refractivity contribution in [3.63, 3.8) is 0 Å². The maximum Gasteiger partial charge on any atom is 0.224 e. The van der Waals surface area contributed by atoms with Crippen LogP contribution >= 0.6 is 0 Å². The van der Waals surface area contributed by atoms with Crippen molar-refractivity contribution in [3.05, 3.63) is 48.0 Å². The van der Waals surface area contributed by atoms with Gasteiger partial charge in [-0.05, 0) is 18.6 Å². The van der Waals surface area contributed by atoms with Gasteiger partial charge < -0.3 is 20.3 Å². The van der Waals surface area contributed by atoms with Crippen LogP contribution in [-0.2, 0) is 11.4 Å². The lowest BCUT2D eigenvalue weighted by Gasteiger charge is -2.18. The number of anilines is 3. The van der Waals surface area contributed by atoms with Crippen molar-refractivity contribution in [3.8, 4) is 5.75 Å². The summed E-state index contributed by atoms with van der Waals surface area (Å²) >= 11 is 0. The van der Waals surface area contributed by atoms with Crippen LogP contribution in [0.2, 0.25) is 0 Å². The van der Waals surface area contributed by atoms with Crippen molar-refractivity contribution >= 4 is 23.0 Å². The summed E-state index contributed by atoms with van der Waals surface area (Å²) in [5.41, 5.74) is 3.86. The predicted molar refractivity (Wildman–Crippen MR) is 97.6 cm³/mol. The fraction of sp³-hybridized carbons (Fsp3) is 0.316. The molecule has 0 fully saturated rings. The number of ether oxygens (including phenoxy) is 1. The summed E-state index contributed by atoms with van der Waals surface area (Å²) < 4.78 is 6.05. The first kappa shape index (κ1) is 16.2. The van der Waals surface area contributed by atoms with Crippen molar-refractivity contribution in [2.45, 2.75) is 33.0 Å². The van der Waals surface area contributed by atoms with Crippen LogP contribution in [-0.4, -0.2) is 19.1 Å². The quantitative estimate of drug-likeness (QED) is 0.877. The monoisotopic (exact) mass is 325 g/mol. The lowest BCUT2D eigenvalue weighted by Crippen LogP contribution is -2.28. The lowest BCUT2D eigenvalue weighted by molar-refractivity contribution is -0.115. The average Bonchev–Trinajstić information content (AvgIpc) is 2.89. The number of benzene rings is 2. The molecule has 1 amide bonds. The molecule has 0 aromatic heterocycles. The smallest absolute Gasteiger partial charge is 0.224 e. The average molecular weight is 325 g/mol. The minimum Gasteiger partial charge on any atom is -0.487 e. The van der Waals surface area contributed by atoms with E-state index in [4.69, 9.17) is 4.74 Å². The number of hydrogen-bond acceptors (Lipinski definition) is 4. The Hall–Kier alpha value is -2.69. The van der Waals surface area contributed by atoms with Gasteiger partial charge in [0.2, 0.25) is 5.91 Å². The molecule has 126 valence electrons. The van der Waals surface area contributed by atoms with E-state index in [2.05, 4.69) is 22.5 Å². The third-order valence-electron chi connectivity index (χ3n) is 4.24. The summed E-state index contributed by atoms with van der Waals surface area (Å²) in [7, 11) is 2.02. The topological polar surface area (TPSA) is 53.6 Å². The molecule has 0 saturated heterocycles. The van der Waals surface area contributed by atoms with E-state index >= 15 is 0 Å². The van der Waals surface area contributed by atoms with Crippen LogP contribution in [0.4, 0.5) is 17.1 Å². The van der Waals surface area contributed by atoms with Crippen molar-refractivity contribution in [2.24, 2.45) is 0 Å². The Balaban J connectivity index is 1.89. The van der Waals surface area contributed by atoms with Crippen LogP contribution in [0.25, 0.3) is 0 Å². The van der Waals surface area contributed by atoms with Gasteiger partial charge in [-0.3, -0.25) is 4.79 Å². The molecule has 0 saturated carbocycles. The maximum absolute atomic E-state index is 11.7. The van der Waals surface area contributed by atoms with Crippen molar-refractivity contribution in [2.75, 3.05) is 22.6 Å². The molecule has 1 aliphatic rings. The summed E-state index contributed by atoms with van der Waals surface area (Å²) in [4.78, 5) is 13.9. The highest BCUT2D eigenvalue weighted by molar-refractivity contribution is 5.94. The van der Waals surface area contributed by atoms with E-state index in [0.29, 0.717) is 13.0 Å². The molecule has 0 aliphatic carbocycles. The van der Waals surface area contributed by atoms with E-state index < -0.39 is 0 Å². The number of hydrogen-bond donors (Lipinski definition) is 2. The van der Waals surface area contributed by atoms with E-state index in [0.717, 1.165) is 28.4 Å². The van der Waals surface area contributed by atoms with Gasteiger partial charge in [0.1, 0.15) is 18.0 Å². The Morgan fingerprint density at radius 1 is 1.29 bits per heavy atom. The normalized spacial score (nSPS) is 15.6. The van der Waals surface area contributed by atoms with E-state index in [1.54, 1.807) is 0 Å². The van der Waals surface area contributed by atoms with Crippen LogP contribution in [0.15, 0.2) is 42.5 Å². The Labute approximate surface area is 142 Å². The fourth-order valence-corrected chi connectivity index (χ4v) is 2.71. The minimum absolute atomic E-state index is 0.00869. The zero-order valence-corrected chi connectivity index (χ0v) is 14.3. The number of rotatable bonds is 5. The number of carbonyl (C=O) groups excluding carboxylic acids is 1. The number of nitrogens with zero attached hydrogens (tertiary/aromatic N) is 1. The van der Waals surface area contributed by atoms with E-state index in [1.807, 2.05) is 56.4 Å². The molecule has 2 N–H and O–H groups in total. The Kier molecular flexibility index (Phi) is 4.60. The summed E-state index contributed by atoms with van der Waals surface area (Å²) in [6, 6.07) is 13.9. The van der Waals surface area contributed by atoms with Crippen molar-refractivity contribution in [1.82, 2.24) is 0 Å². The predicted octanol–water partition coefficient (Wildman–Crippen LogP) is 3.82. The van der Waals surface area contributed by atoms with Gasteiger partial charge in [0.25, 0.3) is 0 Å². The SMILES string of the molecule is CCC(=O)Nc1cc(OCc2ccccc2)c2c(c1)N(C)C(C)N2. The molecule has 5 heteroatoms. The molecule has 2 aromatic carbocycles. The third kappa shape index (κ3) is 3.30. The van der Waals surface area contributed by atoms with Crippen LogP contribution in [0.5, 0.6) is 5.75 Å². The largest absolute Gasteiger partial charge is 0.487 e. The number of amides is 1. The van der Waals surface area contributed by atoms with Gasteiger partial charge in [-0.2, -0.15) is 0 Å². The second-order valence-electron chi connectivity index (χ2n) is 5.98. The van der Waals surface area contributed by atoms with Gasteiger partial charge in [0, 0.05) is 25.2 Å². The first-order valence-electron chi connectivity index (χ1n) is 8.22. The standard InChI is InChI=1S/C19H23N3O2/c1-4-18(23)21-15-10-16-19(20-13(2)22(16)3)17(11-15)24-12-14-8-6-5-7-9-14/h5-11,13,20H,4,12H2,1-3H3,(H,21,23). The van der Waals surface area contributed by atoms with Crippen LogP contribution in [0.3, 0.4) is 0 Å². The Morgan fingerprint density at radius 3 is 2.75 bits per heavy atom. The molecule has 3 rings (SSSR count). The number of nitrogens with one attached hydrogen (secondary N) is 2. The second-order valence-corrected chi connectivity index (χ2v) is 5.98. The Bertz CT molecular complexity index is 731. The summed E-state index contributed by atoms with van der Waals surface area (Å²) in [6.07, 6.45) is 0.623. The third-order valence-corrected chi connectivity index (χ3v) is 4.24. The molecule has 2 aromatic rings. The van der Waals surface area contributed by atoms with Crippen LogP contribution in [0, 0.1) is 0 Å². The van der Waals surface area contributed by atoms with Gasteiger partial charge in [-0.15, -0.1) is 0 Å². The van der Waals surface area contributed by atoms with Gasteiger partial charge >= 0.3 is 0 Å². The molecule has 0 spiro atoms. The molecule has 1 aliphatic heterocycles. The van der Waals surface area contributed by atoms with E-state index in [9.17, 15) is 4.79 Å². The molecular weight excluding hydrogens is 302 g/mol. The fourth-order valence-electron chi connectivity index (χ4n) is 2.71. The van der Waals surface area contributed by atoms with E-state index in [-0.39, 0.29) is 12.1 Å². The van der Waals surface area contributed by atoms with Crippen molar-refractivity contribution < 1.29 is 9.53 Å². The number of carbonyl (C=O) groups is 1. The number of fused-ring (bicyclic) bond motifs is 1.